The molecule has 0 fully saturated rings. The minimum atomic E-state index is -0.827. The molecule has 4 rings (SSSR count). The number of hydrogen-bond acceptors (Lipinski definition) is 8. The molecule has 0 aliphatic heterocycles. The van der Waals surface area contributed by atoms with Crippen molar-refractivity contribution in [3.8, 4) is 34.5 Å². The summed E-state index contributed by atoms with van der Waals surface area (Å²) in [5, 5.41) is 58.4. The molecule has 8 nitrogen and oxygen atoms in total. The summed E-state index contributed by atoms with van der Waals surface area (Å²) in [6.07, 6.45) is 0.0957. The minimum absolute atomic E-state index is 0.151. The molecule has 0 saturated carbocycles. The lowest BCUT2D eigenvalue weighted by Gasteiger charge is -2.33. The molecule has 6 N–H and O–H groups in total. The molecule has 3 aromatic rings. The van der Waals surface area contributed by atoms with Gasteiger partial charge in [-0.1, -0.05) is 24.3 Å². The Kier molecular flexibility index (Phi) is 4.98. The summed E-state index contributed by atoms with van der Waals surface area (Å²) >= 11 is 0. The fraction of sp³-hybridized carbons (Fsp3) is 0.174. The van der Waals surface area contributed by atoms with Gasteiger partial charge >= 0.3 is 5.97 Å². The fourth-order valence-corrected chi connectivity index (χ4v) is 3.91. The van der Waals surface area contributed by atoms with E-state index in [2.05, 4.69) is 0 Å². The molecule has 0 aromatic heterocycles. The molecule has 31 heavy (non-hydrogen) atoms. The first-order chi connectivity index (χ1) is 14.7. The van der Waals surface area contributed by atoms with Crippen LogP contribution in [0.4, 0.5) is 0 Å². The standard InChI is InChI=1S/C23H20O8/c24-16-6-13(7-17(25)21(16)28)15-5-11-3-1-2-4-12(11)10-20(15)31-23(30)14-8-18(26)22(29)19(27)9-14/h1-4,6-9,15,20,24-29H,5,10H2/t15-,20+/m0/s1. The fourth-order valence-electron chi connectivity index (χ4n) is 3.91. The van der Waals surface area contributed by atoms with E-state index < -0.39 is 52.5 Å². The van der Waals surface area contributed by atoms with Crippen molar-refractivity contribution in [2.24, 2.45) is 0 Å². The van der Waals surface area contributed by atoms with Crippen LogP contribution in [0.25, 0.3) is 0 Å². The normalized spacial score (nSPS) is 17.7. The van der Waals surface area contributed by atoms with E-state index in [-0.39, 0.29) is 5.56 Å². The van der Waals surface area contributed by atoms with Crippen molar-refractivity contribution in [3.63, 3.8) is 0 Å². The molecule has 0 bridgehead atoms. The van der Waals surface area contributed by atoms with Gasteiger partial charge in [-0.15, -0.1) is 0 Å². The molecule has 0 saturated heterocycles. The Balaban J connectivity index is 1.70. The number of ether oxygens (including phenoxy) is 1. The summed E-state index contributed by atoms with van der Waals surface area (Å²) in [7, 11) is 0. The highest BCUT2D eigenvalue weighted by atomic mass is 16.5. The number of phenolic OH excluding ortho intramolecular Hbond substituents is 6. The zero-order valence-corrected chi connectivity index (χ0v) is 16.2. The smallest absolute Gasteiger partial charge is 0.338 e. The Morgan fingerprint density at radius 3 is 1.77 bits per heavy atom. The zero-order valence-electron chi connectivity index (χ0n) is 16.2. The third kappa shape index (κ3) is 3.75. The number of phenols is 6. The van der Waals surface area contributed by atoms with Crippen molar-refractivity contribution < 1.29 is 40.2 Å². The maximum absolute atomic E-state index is 12.7. The van der Waals surface area contributed by atoms with Gasteiger partial charge in [0.15, 0.2) is 34.5 Å². The Morgan fingerprint density at radius 2 is 1.23 bits per heavy atom. The van der Waals surface area contributed by atoms with Crippen LogP contribution in [0, 0.1) is 0 Å². The van der Waals surface area contributed by atoms with Gasteiger partial charge in [-0.25, -0.2) is 4.79 Å². The number of aromatic hydroxyl groups is 6. The van der Waals surface area contributed by atoms with Crippen molar-refractivity contribution in [3.05, 3.63) is 70.8 Å². The molecule has 3 aromatic carbocycles. The van der Waals surface area contributed by atoms with Gasteiger partial charge in [0.2, 0.25) is 0 Å². The SMILES string of the molecule is O=C(O[C@@H]1Cc2ccccc2C[C@H]1c1cc(O)c(O)c(O)c1)c1cc(O)c(O)c(O)c1. The Bertz CT molecular complexity index is 1120. The Morgan fingerprint density at radius 1 is 0.742 bits per heavy atom. The summed E-state index contributed by atoms with van der Waals surface area (Å²) in [6.45, 7) is 0. The monoisotopic (exact) mass is 424 g/mol. The molecule has 1 aliphatic rings. The van der Waals surface area contributed by atoms with Gasteiger partial charge in [0.1, 0.15) is 6.10 Å². The van der Waals surface area contributed by atoms with Crippen LogP contribution >= 0.6 is 0 Å². The van der Waals surface area contributed by atoms with Gasteiger partial charge in [-0.3, -0.25) is 0 Å². The van der Waals surface area contributed by atoms with E-state index in [0.717, 1.165) is 23.3 Å². The highest BCUT2D eigenvalue weighted by molar-refractivity contribution is 5.91. The zero-order chi connectivity index (χ0) is 22.3. The molecular weight excluding hydrogens is 404 g/mol. The average Bonchev–Trinajstić information content (AvgIpc) is 2.74. The molecule has 0 unspecified atom stereocenters. The van der Waals surface area contributed by atoms with E-state index in [0.29, 0.717) is 18.4 Å². The van der Waals surface area contributed by atoms with E-state index in [9.17, 15) is 35.4 Å². The van der Waals surface area contributed by atoms with Crippen LogP contribution in [0.3, 0.4) is 0 Å². The number of carbonyl (C=O) groups excluding carboxylic acids is 1. The highest BCUT2D eigenvalue weighted by Gasteiger charge is 2.34. The summed E-state index contributed by atoms with van der Waals surface area (Å²) < 4.78 is 5.69. The van der Waals surface area contributed by atoms with Gasteiger partial charge in [0, 0.05) is 12.3 Å². The molecule has 8 heteroatoms. The number of fused-ring (bicyclic) bond motifs is 1. The van der Waals surface area contributed by atoms with E-state index in [1.165, 1.54) is 12.1 Å². The molecule has 1 aliphatic carbocycles. The first-order valence-corrected chi connectivity index (χ1v) is 9.52. The van der Waals surface area contributed by atoms with Crippen LogP contribution in [0.2, 0.25) is 0 Å². The third-order valence-electron chi connectivity index (χ3n) is 5.51. The number of benzene rings is 3. The lowest BCUT2D eigenvalue weighted by molar-refractivity contribution is 0.0215. The quantitative estimate of drug-likeness (QED) is 0.278. The summed E-state index contributed by atoms with van der Waals surface area (Å²) in [6, 6.07) is 12.2. The van der Waals surface area contributed by atoms with Gasteiger partial charge in [-0.05, 0) is 47.4 Å². The van der Waals surface area contributed by atoms with Crippen LogP contribution in [0.1, 0.15) is 33.0 Å². The molecule has 0 radical (unpaired) electrons. The molecule has 160 valence electrons. The number of esters is 1. The predicted molar refractivity (Wildman–Crippen MR) is 109 cm³/mol. The maximum atomic E-state index is 12.7. The maximum Gasteiger partial charge on any atom is 0.338 e. The van der Waals surface area contributed by atoms with Crippen LogP contribution in [0.5, 0.6) is 34.5 Å². The largest absolute Gasteiger partial charge is 0.504 e. The number of rotatable bonds is 3. The Hall–Kier alpha value is -4.07. The average molecular weight is 424 g/mol. The van der Waals surface area contributed by atoms with Crippen LogP contribution in [-0.2, 0) is 17.6 Å². The topological polar surface area (TPSA) is 148 Å². The summed E-state index contributed by atoms with van der Waals surface area (Å²) in [4.78, 5) is 12.7. The molecule has 0 heterocycles. The van der Waals surface area contributed by atoms with E-state index in [1.807, 2.05) is 24.3 Å². The van der Waals surface area contributed by atoms with Crippen LogP contribution in [-0.4, -0.2) is 42.7 Å². The van der Waals surface area contributed by atoms with Crippen molar-refractivity contribution in [2.75, 3.05) is 0 Å². The van der Waals surface area contributed by atoms with Gasteiger partial charge in [0.25, 0.3) is 0 Å². The molecule has 0 spiro atoms. The lowest BCUT2D eigenvalue weighted by Crippen LogP contribution is -2.33. The van der Waals surface area contributed by atoms with Gasteiger partial charge in [0.05, 0.1) is 5.56 Å². The number of hydrogen-bond donors (Lipinski definition) is 6. The Labute approximate surface area is 176 Å². The van der Waals surface area contributed by atoms with Gasteiger partial charge < -0.3 is 35.4 Å². The number of carbonyl (C=O) groups is 1. The van der Waals surface area contributed by atoms with Crippen molar-refractivity contribution in [1.82, 2.24) is 0 Å². The van der Waals surface area contributed by atoms with E-state index in [1.54, 1.807) is 0 Å². The molecule has 2 atom stereocenters. The second-order valence-corrected chi connectivity index (χ2v) is 7.50. The first-order valence-electron chi connectivity index (χ1n) is 9.52. The highest BCUT2D eigenvalue weighted by Crippen LogP contribution is 2.42. The van der Waals surface area contributed by atoms with Crippen molar-refractivity contribution in [2.45, 2.75) is 24.9 Å². The second-order valence-electron chi connectivity index (χ2n) is 7.50. The van der Waals surface area contributed by atoms with Crippen molar-refractivity contribution >= 4 is 5.97 Å². The van der Waals surface area contributed by atoms with Crippen LogP contribution in [0.15, 0.2) is 48.5 Å². The molecular formula is C23H20O8. The third-order valence-corrected chi connectivity index (χ3v) is 5.51. The first kappa shape index (κ1) is 20.2. The predicted octanol–water partition coefficient (Wildman–Crippen LogP) is 3.03. The van der Waals surface area contributed by atoms with Crippen molar-refractivity contribution in [1.29, 1.82) is 0 Å². The van der Waals surface area contributed by atoms with Crippen LogP contribution < -0.4 is 0 Å². The van der Waals surface area contributed by atoms with Gasteiger partial charge in [-0.2, -0.15) is 0 Å². The van der Waals surface area contributed by atoms with E-state index >= 15 is 0 Å². The second kappa shape index (κ2) is 7.64. The summed E-state index contributed by atoms with van der Waals surface area (Å²) in [5.74, 6) is -4.96. The van der Waals surface area contributed by atoms with E-state index in [4.69, 9.17) is 4.74 Å². The lowest BCUT2D eigenvalue weighted by atomic mass is 9.78. The molecule has 0 amide bonds. The summed E-state index contributed by atoms with van der Waals surface area (Å²) in [5.41, 5.74) is 2.31. The minimum Gasteiger partial charge on any atom is -0.504 e.